The predicted molar refractivity (Wildman–Crippen MR) is 74.3 cm³/mol. The minimum atomic E-state index is 0.628. The average molecular weight is 263 g/mol. The molecule has 1 aromatic heterocycles. The van der Waals surface area contributed by atoms with E-state index in [2.05, 4.69) is 10.2 Å². The van der Waals surface area contributed by atoms with Crippen LogP contribution in [-0.2, 0) is 0 Å². The van der Waals surface area contributed by atoms with E-state index >= 15 is 0 Å². The summed E-state index contributed by atoms with van der Waals surface area (Å²) in [5.41, 5.74) is 6.51. The Bertz CT molecular complexity index is 418. The second-order valence-corrected chi connectivity index (χ2v) is 7.87. The number of aromatic amines is 1. The Morgan fingerprint density at radius 3 is 2.33 bits per heavy atom. The van der Waals surface area contributed by atoms with E-state index in [-0.39, 0.29) is 0 Å². The third kappa shape index (κ3) is 1.77. The van der Waals surface area contributed by atoms with Gasteiger partial charge in [0.15, 0.2) is 0 Å². The average Bonchev–Trinajstić information content (AvgIpc) is 2.70. The summed E-state index contributed by atoms with van der Waals surface area (Å²) in [7, 11) is 0. The van der Waals surface area contributed by atoms with Crippen molar-refractivity contribution in [3.05, 3.63) is 6.20 Å². The minimum Gasteiger partial charge on any atom is -0.383 e. The highest BCUT2D eigenvalue weighted by atomic mass is 32.2. The Hall–Kier alpha value is -0.640. The fraction of sp³-hybridized carbons (Fsp3) is 0.786. The zero-order valence-electron chi connectivity index (χ0n) is 10.7. The van der Waals surface area contributed by atoms with Gasteiger partial charge in [-0.15, -0.1) is 11.8 Å². The van der Waals surface area contributed by atoms with Gasteiger partial charge in [0.1, 0.15) is 5.82 Å². The van der Waals surface area contributed by atoms with Gasteiger partial charge in [0, 0.05) is 5.75 Å². The fourth-order valence-corrected chi connectivity index (χ4v) is 6.24. The lowest BCUT2D eigenvalue weighted by Crippen LogP contribution is -2.47. The van der Waals surface area contributed by atoms with Gasteiger partial charge in [-0.2, -0.15) is 5.10 Å². The molecule has 0 radical (unpaired) electrons. The number of hydrogen-bond acceptors (Lipinski definition) is 3. The van der Waals surface area contributed by atoms with E-state index < -0.39 is 0 Å². The second-order valence-electron chi connectivity index (χ2n) is 6.85. The van der Waals surface area contributed by atoms with Crippen molar-refractivity contribution in [1.29, 1.82) is 0 Å². The van der Waals surface area contributed by atoms with Crippen LogP contribution in [0.3, 0.4) is 0 Å². The number of thioether (sulfide) groups is 1. The summed E-state index contributed by atoms with van der Waals surface area (Å²) < 4.78 is 0. The highest BCUT2D eigenvalue weighted by Crippen LogP contribution is 2.61. The molecular formula is C14H21N3S. The Morgan fingerprint density at radius 2 is 1.83 bits per heavy atom. The van der Waals surface area contributed by atoms with Gasteiger partial charge in [-0.05, 0) is 61.7 Å². The summed E-state index contributed by atoms with van der Waals surface area (Å²) in [4.78, 5) is 1.14. The Kier molecular flexibility index (Phi) is 2.44. The molecule has 3 nitrogen and oxygen atoms in total. The number of nitrogens with zero attached hydrogens (tertiary/aromatic N) is 1. The molecule has 0 amide bonds. The van der Waals surface area contributed by atoms with Crippen molar-refractivity contribution in [3.63, 3.8) is 0 Å². The Balaban J connectivity index is 1.49. The summed E-state index contributed by atoms with van der Waals surface area (Å²) in [5.74, 6) is 5.11. The molecule has 18 heavy (non-hydrogen) atoms. The van der Waals surface area contributed by atoms with Crippen LogP contribution in [0.4, 0.5) is 5.82 Å². The number of nitrogens with two attached hydrogens (primary N) is 1. The summed E-state index contributed by atoms with van der Waals surface area (Å²) in [6, 6.07) is 0. The first-order valence-corrected chi connectivity index (χ1v) is 8.13. The maximum absolute atomic E-state index is 5.88. The normalized spacial score (nSPS) is 41.4. The van der Waals surface area contributed by atoms with Gasteiger partial charge in [-0.1, -0.05) is 0 Å². The molecule has 4 bridgehead atoms. The van der Waals surface area contributed by atoms with E-state index in [4.69, 9.17) is 5.73 Å². The predicted octanol–water partition coefficient (Wildman–Crippen LogP) is 3.30. The third-order valence-electron chi connectivity index (χ3n) is 5.33. The number of rotatable bonds is 3. The number of anilines is 1. The first kappa shape index (κ1) is 11.2. The van der Waals surface area contributed by atoms with Gasteiger partial charge in [-0.3, -0.25) is 5.10 Å². The Labute approximate surface area is 112 Å². The summed E-state index contributed by atoms with van der Waals surface area (Å²) in [6.07, 6.45) is 10.9. The zero-order valence-corrected chi connectivity index (χ0v) is 11.5. The van der Waals surface area contributed by atoms with E-state index in [1.165, 1.54) is 44.3 Å². The number of H-pyrrole nitrogens is 1. The number of nitrogen functional groups attached to an aromatic ring is 1. The molecule has 0 unspecified atom stereocenters. The molecule has 3 N–H and O–H groups in total. The molecule has 4 aliphatic carbocycles. The quantitative estimate of drug-likeness (QED) is 0.823. The molecule has 1 aromatic rings. The van der Waals surface area contributed by atoms with E-state index in [9.17, 15) is 0 Å². The maximum Gasteiger partial charge on any atom is 0.132 e. The fourth-order valence-electron chi connectivity index (χ4n) is 5.10. The molecule has 4 aliphatic rings. The van der Waals surface area contributed by atoms with E-state index in [0.29, 0.717) is 5.41 Å². The molecule has 4 heteroatoms. The van der Waals surface area contributed by atoms with Crippen LogP contribution < -0.4 is 5.73 Å². The van der Waals surface area contributed by atoms with Crippen LogP contribution in [0.1, 0.15) is 38.5 Å². The lowest BCUT2D eigenvalue weighted by atomic mass is 9.50. The zero-order chi connectivity index (χ0) is 12.2. The summed E-state index contributed by atoms with van der Waals surface area (Å²) in [5, 5.41) is 6.85. The van der Waals surface area contributed by atoms with Gasteiger partial charge in [-0.25, -0.2) is 0 Å². The smallest absolute Gasteiger partial charge is 0.132 e. The maximum atomic E-state index is 5.88. The van der Waals surface area contributed by atoms with Crippen LogP contribution >= 0.6 is 11.8 Å². The van der Waals surface area contributed by atoms with Gasteiger partial charge < -0.3 is 5.73 Å². The van der Waals surface area contributed by atoms with Gasteiger partial charge in [0.25, 0.3) is 0 Å². The van der Waals surface area contributed by atoms with Gasteiger partial charge >= 0.3 is 0 Å². The van der Waals surface area contributed by atoms with Crippen LogP contribution in [0.25, 0.3) is 0 Å². The van der Waals surface area contributed by atoms with Gasteiger partial charge in [0.2, 0.25) is 0 Å². The van der Waals surface area contributed by atoms with Crippen molar-refractivity contribution in [1.82, 2.24) is 10.2 Å². The molecular weight excluding hydrogens is 242 g/mol. The standard InChI is InChI=1S/C14H21N3S/c15-13-12(7-16-17-13)18-8-14-4-9-1-10(5-14)3-11(2-9)6-14/h7,9-11H,1-6,8H2,(H3,15,16,17). The molecule has 4 fully saturated rings. The SMILES string of the molecule is Nc1[nH]ncc1SCC12CC3CC(CC(C3)C1)C2. The largest absolute Gasteiger partial charge is 0.383 e. The third-order valence-corrected chi connectivity index (χ3v) is 6.72. The number of hydrogen-bond donors (Lipinski definition) is 2. The van der Waals surface area contributed by atoms with E-state index in [1.54, 1.807) is 0 Å². The Morgan fingerprint density at radius 1 is 1.22 bits per heavy atom. The molecule has 1 heterocycles. The lowest BCUT2D eigenvalue weighted by molar-refractivity contribution is -0.0381. The second kappa shape index (κ2) is 3.92. The van der Waals surface area contributed by atoms with Gasteiger partial charge in [0.05, 0.1) is 11.1 Å². The molecule has 0 saturated heterocycles. The molecule has 0 aromatic carbocycles. The van der Waals surface area contributed by atoms with Crippen molar-refractivity contribution in [2.24, 2.45) is 23.2 Å². The first-order valence-electron chi connectivity index (χ1n) is 7.14. The lowest BCUT2D eigenvalue weighted by Gasteiger charge is -2.56. The monoisotopic (exact) mass is 263 g/mol. The summed E-state index contributed by atoms with van der Waals surface area (Å²) >= 11 is 1.92. The molecule has 5 rings (SSSR count). The van der Waals surface area contributed by atoms with Crippen LogP contribution in [0.5, 0.6) is 0 Å². The molecule has 0 aliphatic heterocycles. The topological polar surface area (TPSA) is 54.7 Å². The van der Waals surface area contributed by atoms with Crippen molar-refractivity contribution in [3.8, 4) is 0 Å². The van der Waals surface area contributed by atoms with Crippen molar-refractivity contribution >= 4 is 17.6 Å². The van der Waals surface area contributed by atoms with Crippen molar-refractivity contribution in [2.75, 3.05) is 11.5 Å². The summed E-state index contributed by atoms with van der Waals surface area (Å²) in [6.45, 7) is 0. The molecule has 98 valence electrons. The molecule has 0 atom stereocenters. The van der Waals surface area contributed by atoms with E-state index in [1.807, 2.05) is 18.0 Å². The highest BCUT2D eigenvalue weighted by molar-refractivity contribution is 7.99. The molecule has 0 spiro atoms. The van der Waals surface area contributed by atoms with Crippen LogP contribution in [0, 0.1) is 23.2 Å². The van der Waals surface area contributed by atoms with Crippen molar-refractivity contribution in [2.45, 2.75) is 43.4 Å². The van der Waals surface area contributed by atoms with Crippen LogP contribution in [0.2, 0.25) is 0 Å². The molecule has 4 saturated carbocycles. The van der Waals surface area contributed by atoms with Crippen LogP contribution in [-0.4, -0.2) is 16.0 Å². The highest BCUT2D eigenvalue weighted by Gasteiger charge is 2.50. The number of nitrogens with one attached hydrogen (secondary N) is 1. The van der Waals surface area contributed by atoms with E-state index in [0.717, 1.165) is 28.5 Å². The van der Waals surface area contributed by atoms with Crippen molar-refractivity contribution < 1.29 is 0 Å². The number of aromatic nitrogens is 2. The van der Waals surface area contributed by atoms with Crippen LogP contribution in [0.15, 0.2) is 11.1 Å². The minimum absolute atomic E-state index is 0.628. The first-order chi connectivity index (χ1) is 8.72.